The minimum atomic E-state index is -0.743. The van der Waals surface area contributed by atoms with Gasteiger partial charge in [-0.05, 0) is 94.8 Å². The van der Waals surface area contributed by atoms with E-state index in [1.807, 2.05) is 0 Å². The first-order valence-electron chi connectivity index (χ1n) is 18.3. The first kappa shape index (κ1) is 38.8. The predicted octanol–water partition coefficient (Wildman–Crippen LogP) is 12.0. The van der Waals surface area contributed by atoms with Gasteiger partial charge in [-0.25, -0.2) is 0 Å². The van der Waals surface area contributed by atoms with Crippen LogP contribution in [0.3, 0.4) is 0 Å². The fourth-order valence-corrected chi connectivity index (χ4v) is 6.81. The van der Waals surface area contributed by atoms with E-state index in [1.165, 1.54) is 16.7 Å². The zero-order valence-electron chi connectivity index (χ0n) is 32.3. The van der Waals surface area contributed by atoms with Crippen molar-refractivity contribution in [2.45, 2.75) is 148 Å². The van der Waals surface area contributed by atoms with Crippen LogP contribution in [0.2, 0.25) is 0 Å². The lowest BCUT2D eigenvalue weighted by Crippen LogP contribution is -2.36. The van der Waals surface area contributed by atoms with Crippen molar-refractivity contribution < 1.29 is 14.2 Å². The molecular weight excluding hydrogens is 564 g/mol. The van der Waals surface area contributed by atoms with E-state index in [4.69, 9.17) is 14.2 Å². The molecule has 0 aromatic rings. The lowest BCUT2D eigenvalue weighted by Gasteiger charge is -2.32. The van der Waals surface area contributed by atoms with Gasteiger partial charge in [0, 0.05) is 17.8 Å². The van der Waals surface area contributed by atoms with Crippen LogP contribution in [-0.4, -0.2) is 24.8 Å². The Morgan fingerprint density at radius 3 is 0.935 bits per heavy atom. The smallest absolute Gasteiger partial charge is 0.272 e. The summed E-state index contributed by atoms with van der Waals surface area (Å²) in [4.78, 5) is 0. The average molecular weight is 635 g/mol. The number of rotatable bonds is 15. The first-order valence-corrected chi connectivity index (χ1v) is 18.3. The molecule has 260 valence electrons. The Labute approximate surface area is 284 Å². The molecule has 0 spiro atoms. The van der Waals surface area contributed by atoms with Gasteiger partial charge in [0.25, 0.3) is 6.48 Å². The second-order valence-electron chi connectivity index (χ2n) is 16.9. The molecule has 0 saturated carbocycles. The molecule has 0 radical (unpaired) electrons. The van der Waals surface area contributed by atoms with Crippen molar-refractivity contribution in [3.05, 3.63) is 71.4 Å². The quantitative estimate of drug-likeness (QED) is 0.132. The Morgan fingerprint density at radius 2 is 0.739 bits per heavy atom. The molecule has 0 saturated heterocycles. The number of ether oxygens (including phenoxy) is 3. The Hall–Kier alpha value is -1.68. The van der Waals surface area contributed by atoms with Gasteiger partial charge < -0.3 is 14.2 Å². The summed E-state index contributed by atoms with van der Waals surface area (Å²) >= 11 is 0. The molecule has 0 fully saturated rings. The Morgan fingerprint density at radius 1 is 0.500 bits per heavy atom. The van der Waals surface area contributed by atoms with Crippen LogP contribution in [0.1, 0.15) is 123 Å². The van der Waals surface area contributed by atoms with E-state index >= 15 is 0 Å². The zero-order valence-corrected chi connectivity index (χ0v) is 32.3. The van der Waals surface area contributed by atoms with Crippen LogP contribution in [0.4, 0.5) is 0 Å². The fraction of sp³-hybridized carbons (Fsp3) is 0.721. The van der Waals surface area contributed by atoms with Crippen molar-refractivity contribution in [3.63, 3.8) is 0 Å². The number of allylic oxidation sites excluding steroid dienone is 9. The van der Waals surface area contributed by atoms with Crippen molar-refractivity contribution in [2.75, 3.05) is 0 Å². The molecule has 0 amide bonds. The Balaban J connectivity index is 1.68. The summed E-state index contributed by atoms with van der Waals surface area (Å²) in [6.45, 7) is 33.3. The van der Waals surface area contributed by atoms with Gasteiger partial charge >= 0.3 is 0 Å². The molecule has 0 aromatic carbocycles. The van der Waals surface area contributed by atoms with Gasteiger partial charge in [-0.15, -0.1) is 0 Å². The molecule has 3 aliphatic carbocycles. The lowest BCUT2D eigenvalue weighted by atomic mass is 9.77. The van der Waals surface area contributed by atoms with E-state index in [-0.39, 0.29) is 52.3 Å². The zero-order chi connectivity index (χ0) is 34.6. The third-order valence-electron chi connectivity index (χ3n) is 13.0. The molecule has 0 bridgehead atoms. The van der Waals surface area contributed by atoms with Crippen LogP contribution in [0.25, 0.3) is 0 Å². The van der Waals surface area contributed by atoms with Crippen LogP contribution < -0.4 is 0 Å². The summed E-state index contributed by atoms with van der Waals surface area (Å²) < 4.78 is 19.9. The lowest BCUT2D eigenvalue weighted by molar-refractivity contribution is -0.336. The maximum Gasteiger partial charge on any atom is 0.272 e. The molecule has 9 unspecified atom stereocenters. The van der Waals surface area contributed by atoms with Crippen molar-refractivity contribution in [2.24, 2.45) is 51.8 Å². The Bertz CT molecular complexity index is 1040. The third kappa shape index (κ3) is 9.26. The summed E-state index contributed by atoms with van der Waals surface area (Å²) in [5, 5.41) is 0. The Kier molecular flexibility index (Phi) is 13.2. The standard InChI is InChI=1S/C43H70O3/c1-28(16-22-37-25-19-31(4)41(37,10)11)34(7)44-40(45-35(8)29(2)17-23-38-26-20-32(5)42(38,12)13)46-36(9)30(3)18-24-39-27-21-33(6)43(39,14)15/h16-24,28-30,34-40H,25-27H2,1-15H3. The van der Waals surface area contributed by atoms with Crippen LogP contribution >= 0.6 is 0 Å². The van der Waals surface area contributed by atoms with Gasteiger partial charge in [-0.1, -0.05) is 134 Å². The molecule has 46 heavy (non-hydrogen) atoms. The summed E-state index contributed by atoms with van der Waals surface area (Å²) in [5.74, 6) is 2.27. The molecule has 3 rings (SSSR count). The molecule has 3 heteroatoms. The van der Waals surface area contributed by atoms with E-state index in [0.29, 0.717) is 17.8 Å². The van der Waals surface area contributed by atoms with Crippen LogP contribution in [0.5, 0.6) is 0 Å². The molecule has 0 N–H and O–H groups in total. The topological polar surface area (TPSA) is 27.7 Å². The monoisotopic (exact) mass is 635 g/mol. The normalized spacial score (nSPS) is 30.3. The number of hydrogen-bond acceptors (Lipinski definition) is 3. The van der Waals surface area contributed by atoms with Crippen molar-refractivity contribution >= 4 is 0 Å². The van der Waals surface area contributed by atoms with Gasteiger partial charge in [0.05, 0.1) is 18.3 Å². The summed E-state index contributed by atoms with van der Waals surface area (Å²) in [6, 6.07) is 0. The molecule has 3 nitrogen and oxygen atoms in total. The summed E-state index contributed by atoms with van der Waals surface area (Å²) in [7, 11) is 0. The highest BCUT2D eigenvalue weighted by Gasteiger charge is 2.35. The first-order chi connectivity index (χ1) is 21.3. The molecule has 0 aliphatic heterocycles. The van der Waals surface area contributed by atoms with Gasteiger partial charge in [-0.2, -0.15) is 0 Å². The highest BCUT2D eigenvalue weighted by Crippen LogP contribution is 2.45. The van der Waals surface area contributed by atoms with E-state index < -0.39 is 6.48 Å². The maximum absolute atomic E-state index is 6.62. The van der Waals surface area contributed by atoms with Crippen molar-refractivity contribution in [1.29, 1.82) is 0 Å². The SMILES string of the molecule is CC1=CCC(C=CC(C)C(C)OC(OC(C)C(C)C=CC2CC=C(C)C2(C)C)OC(C)C(C)C=CC2CC=C(C)C2(C)C)C1(C)C. The van der Waals surface area contributed by atoms with Gasteiger partial charge in [0.1, 0.15) is 0 Å². The minimum Gasteiger partial charge on any atom is -0.326 e. The highest BCUT2D eigenvalue weighted by molar-refractivity contribution is 5.24. The van der Waals surface area contributed by atoms with E-state index in [1.54, 1.807) is 0 Å². The second-order valence-corrected chi connectivity index (χ2v) is 16.9. The summed E-state index contributed by atoms with van der Waals surface area (Å²) in [5.41, 5.74) is 5.08. The van der Waals surface area contributed by atoms with Crippen LogP contribution in [-0.2, 0) is 14.2 Å². The van der Waals surface area contributed by atoms with Gasteiger partial charge in [0.2, 0.25) is 0 Å². The van der Waals surface area contributed by atoms with E-state index in [2.05, 4.69) is 159 Å². The summed E-state index contributed by atoms with van der Waals surface area (Å²) in [6.07, 6.45) is 24.6. The fourth-order valence-electron chi connectivity index (χ4n) is 6.81. The predicted molar refractivity (Wildman–Crippen MR) is 197 cm³/mol. The van der Waals surface area contributed by atoms with Crippen molar-refractivity contribution in [1.82, 2.24) is 0 Å². The highest BCUT2D eigenvalue weighted by atomic mass is 16.9. The molecule has 3 aliphatic rings. The third-order valence-corrected chi connectivity index (χ3v) is 13.0. The van der Waals surface area contributed by atoms with Crippen LogP contribution in [0, 0.1) is 51.8 Å². The second kappa shape index (κ2) is 15.7. The maximum atomic E-state index is 6.62. The van der Waals surface area contributed by atoms with E-state index in [9.17, 15) is 0 Å². The van der Waals surface area contributed by atoms with Gasteiger partial charge in [-0.3, -0.25) is 0 Å². The minimum absolute atomic E-state index is 0.0578. The van der Waals surface area contributed by atoms with Crippen molar-refractivity contribution in [3.8, 4) is 0 Å². The van der Waals surface area contributed by atoms with E-state index in [0.717, 1.165) is 19.3 Å². The van der Waals surface area contributed by atoms with Crippen LogP contribution in [0.15, 0.2) is 71.4 Å². The van der Waals surface area contributed by atoms with Gasteiger partial charge in [0.15, 0.2) is 0 Å². The largest absolute Gasteiger partial charge is 0.326 e. The number of hydrogen-bond donors (Lipinski definition) is 0. The molecule has 0 heterocycles. The molecule has 9 atom stereocenters. The average Bonchev–Trinajstić information content (AvgIpc) is 3.50. The molecular formula is C43H70O3. The molecule has 0 aromatic heterocycles.